The molecule has 1 fully saturated rings. The van der Waals surface area contributed by atoms with E-state index in [1.807, 2.05) is 18.2 Å². The van der Waals surface area contributed by atoms with Gasteiger partial charge in [-0.1, -0.05) is 53.5 Å². The van der Waals surface area contributed by atoms with Crippen molar-refractivity contribution in [1.29, 1.82) is 0 Å². The quantitative estimate of drug-likeness (QED) is 0.165. The van der Waals surface area contributed by atoms with Crippen LogP contribution in [0.25, 0.3) is 33.2 Å². The second kappa shape index (κ2) is 13.5. The predicted octanol–water partition coefficient (Wildman–Crippen LogP) is 6.86. The number of aliphatic hydroxyl groups is 1. The number of pyridine rings is 2. The Morgan fingerprint density at radius 3 is 2.52 bits per heavy atom. The van der Waals surface area contributed by atoms with Crippen LogP contribution in [0, 0.1) is 0 Å². The van der Waals surface area contributed by atoms with Crippen LogP contribution in [0.4, 0.5) is 24.7 Å². The van der Waals surface area contributed by atoms with E-state index in [2.05, 4.69) is 20.7 Å². The minimum absolute atomic E-state index is 0.0264. The highest BCUT2D eigenvalue weighted by molar-refractivity contribution is 6.39. The Labute approximate surface area is 294 Å². The highest BCUT2D eigenvalue weighted by Crippen LogP contribution is 2.45. The number of aryl methyl sites for hydroxylation is 2. The van der Waals surface area contributed by atoms with Gasteiger partial charge in [-0.05, 0) is 43.0 Å². The van der Waals surface area contributed by atoms with Crippen molar-refractivity contribution in [3.05, 3.63) is 91.9 Å². The summed E-state index contributed by atoms with van der Waals surface area (Å²) in [4.78, 5) is 21.6. The summed E-state index contributed by atoms with van der Waals surface area (Å²) in [6.07, 6.45) is -1.92. The van der Waals surface area contributed by atoms with Gasteiger partial charge in [0.05, 0.1) is 52.8 Å². The number of fused-ring (bicyclic) bond motifs is 2. The van der Waals surface area contributed by atoms with Gasteiger partial charge in [-0.25, -0.2) is 14.6 Å². The number of nitrogens with zero attached hydrogens (tertiary/aromatic N) is 4. The topological polar surface area (TPSA) is 123 Å². The summed E-state index contributed by atoms with van der Waals surface area (Å²) in [5, 5.41) is 21.1. The molecule has 0 spiro atoms. The number of benzene rings is 2. The second-order valence-corrected chi connectivity index (χ2v) is 13.0. The summed E-state index contributed by atoms with van der Waals surface area (Å²) in [5.74, 6) is 0.146. The average molecular weight is 728 g/mol. The highest BCUT2D eigenvalue weighted by Gasteiger charge is 2.35. The van der Waals surface area contributed by atoms with Crippen molar-refractivity contribution in [2.75, 3.05) is 25.6 Å². The smallest absolute Gasteiger partial charge is 0.433 e. The lowest BCUT2D eigenvalue weighted by Gasteiger charge is -2.31. The van der Waals surface area contributed by atoms with Crippen molar-refractivity contribution in [1.82, 2.24) is 25.1 Å². The molecule has 0 amide bonds. The normalized spacial score (nSPS) is 19.1. The van der Waals surface area contributed by atoms with Crippen LogP contribution < -0.4 is 20.9 Å². The van der Waals surface area contributed by atoms with Crippen molar-refractivity contribution >= 4 is 45.5 Å². The van der Waals surface area contributed by atoms with E-state index < -0.39 is 23.5 Å². The summed E-state index contributed by atoms with van der Waals surface area (Å²) >= 11 is 14.0. The first-order chi connectivity index (χ1) is 23.9. The molecule has 3 atom stereocenters. The van der Waals surface area contributed by atoms with Gasteiger partial charge in [-0.3, -0.25) is 4.79 Å². The van der Waals surface area contributed by atoms with Crippen LogP contribution in [0.5, 0.6) is 5.88 Å². The largest absolute Gasteiger partial charge is 0.481 e. The van der Waals surface area contributed by atoms with Crippen molar-refractivity contribution in [2.24, 2.45) is 7.05 Å². The zero-order chi connectivity index (χ0) is 35.3. The first-order valence-electron chi connectivity index (χ1n) is 15.8. The Kier molecular flexibility index (Phi) is 9.20. The lowest BCUT2D eigenvalue weighted by Crippen LogP contribution is -2.47. The minimum Gasteiger partial charge on any atom is -0.481 e. The summed E-state index contributed by atoms with van der Waals surface area (Å²) in [6, 6.07) is 13.0. The highest BCUT2D eigenvalue weighted by atomic mass is 35.5. The van der Waals surface area contributed by atoms with Gasteiger partial charge in [-0.15, -0.1) is 0 Å². The van der Waals surface area contributed by atoms with Crippen molar-refractivity contribution in [3.63, 3.8) is 0 Å². The summed E-state index contributed by atoms with van der Waals surface area (Å²) in [5.41, 5.74) is 2.65. The zero-order valence-corrected chi connectivity index (χ0v) is 28.3. The minimum atomic E-state index is -4.77. The van der Waals surface area contributed by atoms with Gasteiger partial charge in [0.25, 0.3) is 5.56 Å². The third-order valence-electron chi connectivity index (χ3n) is 9.13. The number of halogens is 5. The van der Waals surface area contributed by atoms with E-state index in [9.17, 15) is 23.1 Å². The van der Waals surface area contributed by atoms with E-state index in [-0.39, 0.29) is 39.4 Å². The number of hydrogen-bond donors (Lipinski definition) is 3. The van der Waals surface area contributed by atoms with E-state index in [4.69, 9.17) is 37.7 Å². The molecule has 1 aliphatic carbocycles. The molecule has 0 bridgehead atoms. The molecule has 1 aliphatic heterocycles. The van der Waals surface area contributed by atoms with E-state index in [0.717, 1.165) is 34.7 Å². The summed E-state index contributed by atoms with van der Waals surface area (Å²) in [7, 11) is 2.96. The Bertz CT molecular complexity index is 2180. The standard InChI is InChI=1S/C35H31Cl2F3N6O4/c1-46-34(48)29-18(15-41-46)14-27(35(38,39)40)45-32(29)43-24-8-4-6-20(31(24)37)19-5-3-7-21(30(19)36)25-13-17-9-10-23(28(17)33(44-25)49-2)42-22-11-12-50-16-26(22)47/h3-8,13-15,22-23,26,42,47H,9-12,16H2,1-2H3,(H,43,45)/t22-,23-,26+/m0/s1. The van der Waals surface area contributed by atoms with Gasteiger partial charge >= 0.3 is 6.18 Å². The molecule has 0 saturated carbocycles. The first-order valence-corrected chi connectivity index (χ1v) is 16.6. The molecule has 2 aliphatic rings. The molecule has 2 aromatic carbocycles. The number of nitrogens with one attached hydrogen (secondary N) is 2. The van der Waals surface area contributed by atoms with Gasteiger partial charge < -0.3 is 25.2 Å². The molecule has 3 aromatic heterocycles. The monoisotopic (exact) mass is 726 g/mol. The third-order valence-corrected chi connectivity index (χ3v) is 9.94. The lowest BCUT2D eigenvalue weighted by atomic mass is 9.99. The molecule has 0 unspecified atom stereocenters. The molecule has 1 saturated heterocycles. The van der Waals surface area contributed by atoms with E-state index >= 15 is 0 Å². The second-order valence-electron chi connectivity index (χ2n) is 12.2. The first kappa shape index (κ1) is 34.2. The van der Waals surface area contributed by atoms with E-state index in [1.54, 1.807) is 31.4 Å². The number of hydrogen-bond acceptors (Lipinski definition) is 9. The van der Waals surface area contributed by atoms with Gasteiger partial charge in [-0.2, -0.15) is 18.3 Å². The van der Waals surface area contributed by atoms with E-state index in [1.165, 1.54) is 13.2 Å². The molecule has 5 aromatic rings. The summed E-state index contributed by atoms with van der Waals surface area (Å²) in [6.45, 7) is 0.872. The molecule has 50 heavy (non-hydrogen) atoms. The Balaban J connectivity index is 1.25. The number of ether oxygens (including phenoxy) is 2. The van der Waals surface area contributed by atoms with Gasteiger partial charge in [0.2, 0.25) is 5.88 Å². The Morgan fingerprint density at radius 1 is 1.04 bits per heavy atom. The lowest BCUT2D eigenvalue weighted by molar-refractivity contribution is -0.141. The number of aromatic nitrogens is 4. The van der Waals surface area contributed by atoms with Crippen molar-refractivity contribution in [3.8, 4) is 28.3 Å². The fourth-order valence-corrected chi connectivity index (χ4v) is 7.23. The Hall–Kier alpha value is -4.27. The molecular weight excluding hydrogens is 696 g/mol. The number of rotatable bonds is 7. The summed E-state index contributed by atoms with van der Waals surface area (Å²) < 4.78 is 53.5. The van der Waals surface area contributed by atoms with Gasteiger partial charge in [0, 0.05) is 53.4 Å². The molecule has 260 valence electrons. The molecular formula is C35H31Cl2F3N6O4. The average Bonchev–Trinajstić information content (AvgIpc) is 3.50. The predicted molar refractivity (Wildman–Crippen MR) is 184 cm³/mol. The number of aliphatic hydroxyl groups excluding tert-OH is 1. The van der Waals surface area contributed by atoms with Crippen molar-refractivity contribution < 1.29 is 27.8 Å². The van der Waals surface area contributed by atoms with Crippen LogP contribution in [-0.4, -0.2) is 57.3 Å². The van der Waals surface area contributed by atoms with Crippen molar-refractivity contribution in [2.45, 2.75) is 43.6 Å². The number of anilines is 2. The maximum absolute atomic E-state index is 13.8. The number of alkyl halides is 3. The zero-order valence-electron chi connectivity index (χ0n) is 26.8. The van der Waals surface area contributed by atoms with E-state index in [0.29, 0.717) is 52.9 Å². The molecule has 4 heterocycles. The maximum Gasteiger partial charge on any atom is 0.433 e. The van der Waals surface area contributed by atoms with Gasteiger partial charge in [0.15, 0.2) is 0 Å². The van der Waals surface area contributed by atoms with Crippen LogP contribution in [0.2, 0.25) is 10.0 Å². The molecule has 10 nitrogen and oxygen atoms in total. The SMILES string of the molecule is COc1nc(-c2cccc(-c3cccc(Nc4nc(C(F)(F)F)cc5cnn(C)c(=O)c45)c3Cl)c2Cl)cc2c1[C@@H](N[C@H]1CCOC[C@H]1O)CC2. The van der Waals surface area contributed by atoms with Crippen LogP contribution in [0.1, 0.15) is 35.7 Å². The molecule has 0 radical (unpaired) electrons. The van der Waals surface area contributed by atoms with Crippen LogP contribution in [0.3, 0.4) is 0 Å². The van der Waals surface area contributed by atoms with Crippen LogP contribution in [0.15, 0.2) is 59.5 Å². The van der Waals surface area contributed by atoms with Crippen LogP contribution >= 0.6 is 23.2 Å². The maximum atomic E-state index is 13.8. The molecule has 3 N–H and O–H groups in total. The molecule has 15 heteroatoms. The van der Waals surface area contributed by atoms with Gasteiger partial charge in [0.1, 0.15) is 11.5 Å². The third kappa shape index (κ3) is 6.28. The van der Waals surface area contributed by atoms with Crippen LogP contribution in [-0.2, 0) is 24.4 Å². The number of methoxy groups -OCH3 is 1. The Morgan fingerprint density at radius 2 is 1.78 bits per heavy atom. The molecule has 7 rings (SSSR count). The fourth-order valence-electron chi connectivity index (χ4n) is 6.63. The fraction of sp³-hybridized carbons (Fsp3) is 0.314.